The van der Waals surface area contributed by atoms with Gasteiger partial charge in [-0.3, -0.25) is 0 Å². The first-order chi connectivity index (χ1) is 39.0. The molecule has 0 unspecified atom stereocenters. The number of hydrogen-bond donors (Lipinski definition) is 4. The molecule has 0 saturated carbocycles. The van der Waals surface area contributed by atoms with Gasteiger partial charge in [-0.1, -0.05) is 167 Å². The van der Waals surface area contributed by atoms with Crippen molar-refractivity contribution >= 4 is 119 Å². The summed E-state index contributed by atoms with van der Waals surface area (Å²) in [6.45, 7) is 4.20. The van der Waals surface area contributed by atoms with Crippen molar-refractivity contribution in [1.29, 1.82) is 0 Å². The van der Waals surface area contributed by atoms with E-state index in [0.29, 0.717) is 0 Å². The minimum atomic E-state index is 1.00. The van der Waals surface area contributed by atoms with Gasteiger partial charge in [-0.05, 0) is 203 Å². The van der Waals surface area contributed by atoms with Crippen LogP contribution in [0.1, 0.15) is 11.1 Å². The Morgan fingerprint density at radius 2 is 0.400 bits per heavy atom. The third kappa shape index (κ3) is 33.5. The second-order valence-corrected chi connectivity index (χ2v) is 24.9. The van der Waals surface area contributed by atoms with Gasteiger partial charge in [0.15, 0.2) is 0 Å². The molecule has 10 aromatic carbocycles. The molecule has 0 radical (unpaired) electrons. The maximum atomic E-state index is 6.62. The smallest absolute Gasteiger partial charge is 0.0123 e. The van der Waals surface area contributed by atoms with Crippen molar-refractivity contribution in [2.45, 2.75) is 77.5 Å². The fourth-order valence-electron chi connectivity index (χ4n) is 6.01. The molecule has 0 aliphatic carbocycles. The van der Waals surface area contributed by atoms with Crippen molar-refractivity contribution in [2.24, 2.45) is 0 Å². The van der Waals surface area contributed by atoms with Gasteiger partial charge in [0, 0.05) is 63.6 Å². The molecular formula is C67H70O3S10. The van der Waals surface area contributed by atoms with Crippen LogP contribution in [0.25, 0.3) is 0 Å². The molecule has 0 fully saturated rings. The Bertz CT molecular complexity index is 2890. The number of aryl methyl sites for hydroxylation is 2. The molecule has 3 nitrogen and oxygen atoms in total. The van der Waals surface area contributed by atoms with Crippen molar-refractivity contribution in [1.82, 2.24) is 0 Å². The second kappa shape index (κ2) is 45.1. The van der Waals surface area contributed by atoms with Crippen LogP contribution >= 0.6 is 119 Å². The van der Waals surface area contributed by atoms with Crippen molar-refractivity contribution in [3.8, 4) is 0 Å². The van der Waals surface area contributed by atoms with Crippen molar-refractivity contribution < 1.29 is 15.6 Å². The Morgan fingerprint density at radius 1 is 0.237 bits per heavy atom. The SMILES string of the molecule is CSc1ccc(C)cc1.CSc1ccc(C)cc1.CSc1ccc(Sc2ccccc2)cc1.CSc1ccc(Sc2ccccc2)cc1.CSc1ccccc1.OOO.Sc1ccc(Sc2ccccc2)cc1.Sc1ccccc1. The quantitative estimate of drug-likeness (QED) is 0.0434. The molecule has 0 spiro atoms. The average Bonchev–Trinajstić information content (AvgIpc) is 3.51. The topological polar surface area (TPSA) is 49.7 Å². The van der Waals surface area contributed by atoms with Crippen molar-refractivity contribution in [3.63, 3.8) is 0 Å². The third-order valence-corrected chi connectivity index (χ3v) is 17.5. The van der Waals surface area contributed by atoms with Crippen LogP contribution in [-0.2, 0) is 5.04 Å². The fraction of sp³-hybridized carbons (Fsp3) is 0.104. The Kier molecular flexibility index (Phi) is 39.4. The van der Waals surface area contributed by atoms with Crippen molar-refractivity contribution in [2.75, 3.05) is 31.3 Å². The van der Waals surface area contributed by atoms with Crippen LogP contribution in [0.4, 0.5) is 0 Å². The molecule has 0 aliphatic rings. The van der Waals surface area contributed by atoms with Gasteiger partial charge in [-0.2, -0.15) is 0 Å². The highest BCUT2D eigenvalue weighted by molar-refractivity contribution is 8.00. The first-order valence-electron chi connectivity index (χ1n) is 24.8. The summed E-state index contributed by atoms with van der Waals surface area (Å²) >= 11 is 22.6. The standard InChI is InChI=1S/2C13H12S2.C12H10S2.2C8H10S.C7H8S.C6H6S.H2O3/c2*1-14-11-7-9-13(10-8-11)15-12-5-3-2-4-6-12;13-10-6-8-12(9-7-10)14-11-4-2-1-3-5-11;2*1-7-3-5-8(9-2)6-4-7;1-8-7-5-3-2-4-6-7;7-6-4-2-1-3-5-6;1-3-2/h2*2-10H,1H3;1-9,13H;2*3-6H,1-2H3;2-6H,1H3;1-5,7H;1-2H. The average molecular weight is 1240 g/mol. The Morgan fingerprint density at radius 3 is 0.613 bits per heavy atom. The number of benzene rings is 10. The maximum absolute atomic E-state index is 6.62. The largest absolute Gasteiger partial charge is 0.221 e. The minimum Gasteiger partial charge on any atom is -0.221 e. The minimum absolute atomic E-state index is 1.00. The van der Waals surface area contributed by atoms with E-state index in [2.05, 4.69) is 270 Å². The fourth-order valence-corrected chi connectivity index (χ4v) is 10.9. The summed E-state index contributed by atoms with van der Waals surface area (Å²) < 4.78 is 0. The number of rotatable bonds is 11. The molecular weight excluding hydrogens is 1170 g/mol. The molecule has 0 atom stereocenters. The normalized spacial score (nSPS) is 9.64. The molecule has 13 heteroatoms. The molecule has 416 valence electrons. The molecule has 10 aromatic rings. The lowest BCUT2D eigenvalue weighted by atomic mass is 10.2. The van der Waals surface area contributed by atoms with Gasteiger partial charge in [0.2, 0.25) is 0 Å². The van der Waals surface area contributed by atoms with Gasteiger partial charge >= 0.3 is 0 Å². The van der Waals surface area contributed by atoms with Gasteiger partial charge in [0.05, 0.1) is 0 Å². The Labute approximate surface area is 522 Å². The molecule has 10 rings (SSSR count). The summed E-state index contributed by atoms with van der Waals surface area (Å²) in [5.41, 5.74) is 2.65. The van der Waals surface area contributed by atoms with Gasteiger partial charge in [0.1, 0.15) is 0 Å². The van der Waals surface area contributed by atoms with Gasteiger partial charge < -0.3 is 0 Å². The van der Waals surface area contributed by atoms with E-state index in [1.165, 1.54) is 65.0 Å². The van der Waals surface area contributed by atoms with E-state index in [1.54, 1.807) is 94.1 Å². The van der Waals surface area contributed by atoms with Crippen LogP contribution in [0.5, 0.6) is 0 Å². The van der Waals surface area contributed by atoms with Crippen molar-refractivity contribution in [3.05, 3.63) is 284 Å². The summed E-state index contributed by atoms with van der Waals surface area (Å²) in [5.74, 6) is 0. The molecule has 0 aromatic heterocycles. The summed E-state index contributed by atoms with van der Waals surface area (Å²) in [4.78, 5) is 16.3. The van der Waals surface area contributed by atoms with E-state index in [-0.39, 0.29) is 0 Å². The third-order valence-electron chi connectivity index (χ3n) is 10.1. The van der Waals surface area contributed by atoms with E-state index in [9.17, 15) is 0 Å². The summed E-state index contributed by atoms with van der Waals surface area (Å²) in [5, 5.41) is 15.5. The Hall–Kier alpha value is -4.42. The highest BCUT2D eigenvalue weighted by atomic mass is 32.2. The van der Waals surface area contributed by atoms with Gasteiger partial charge in [-0.15, -0.1) is 84.1 Å². The summed E-state index contributed by atoms with van der Waals surface area (Å²) in [6, 6.07) is 93.9. The molecule has 0 saturated heterocycles. The van der Waals surface area contributed by atoms with E-state index >= 15 is 0 Å². The molecule has 0 amide bonds. The lowest BCUT2D eigenvalue weighted by Crippen LogP contribution is -1.73. The monoisotopic (exact) mass is 1240 g/mol. The zero-order valence-electron chi connectivity index (χ0n) is 45.9. The van der Waals surface area contributed by atoms with Crippen LogP contribution in [-0.4, -0.2) is 41.8 Å². The van der Waals surface area contributed by atoms with E-state index in [0.717, 1.165) is 9.79 Å². The molecule has 0 aliphatic heterocycles. The Balaban J connectivity index is 0.000000247. The highest BCUT2D eigenvalue weighted by Gasteiger charge is 1.99. The van der Waals surface area contributed by atoms with E-state index < -0.39 is 0 Å². The van der Waals surface area contributed by atoms with Crippen LogP contribution in [0.15, 0.2) is 337 Å². The van der Waals surface area contributed by atoms with Gasteiger partial charge in [0.25, 0.3) is 0 Å². The van der Waals surface area contributed by atoms with E-state index in [4.69, 9.17) is 10.5 Å². The first-order valence-corrected chi connectivity index (χ1v) is 34.2. The summed E-state index contributed by atoms with van der Waals surface area (Å²) in [7, 11) is 0. The van der Waals surface area contributed by atoms with E-state index in [1.807, 2.05) is 78.9 Å². The maximum Gasteiger partial charge on any atom is 0.0123 e. The lowest BCUT2D eigenvalue weighted by Gasteiger charge is -2.02. The predicted octanol–water partition coefficient (Wildman–Crippen LogP) is 23.0. The first kappa shape index (κ1) is 69.8. The second-order valence-electron chi connectivity index (χ2n) is 16.1. The summed E-state index contributed by atoms with van der Waals surface area (Å²) in [6.07, 6.45) is 10.4. The van der Waals surface area contributed by atoms with Crippen LogP contribution < -0.4 is 0 Å². The van der Waals surface area contributed by atoms with Crippen LogP contribution in [0, 0.1) is 13.8 Å². The number of thiol groups is 2. The molecule has 2 N–H and O–H groups in total. The predicted molar refractivity (Wildman–Crippen MR) is 366 cm³/mol. The molecule has 80 heavy (non-hydrogen) atoms. The van der Waals surface area contributed by atoms with Crippen LogP contribution in [0.3, 0.4) is 0 Å². The molecule has 0 heterocycles. The zero-order valence-corrected chi connectivity index (χ0v) is 54.3. The highest BCUT2D eigenvalue weighted by Crippen LogP contribution is 2.31. The zero-order chi connectivity index (χ0) is 57.8. The number of thioether (sulfide) groups is 5. The lowest BCUT2D eigenvalue weighted by molar-refractivity contribution is -0.465. The van der Waals surface area contributed by atoms with Gasteiger partial charge in [-0.25, -0.2) is 10.5 Å². The molecule has 0 bridgehead atoms. The van der Waals surface area contributed by atoms with Crippen LogP contribution in [0.2, 0.25) is 0 Å². The number of hydrogen-bond acceptors (Lipinski definition) is 13.